The molecule has 0 unspecified atom stereocenters. The number of phenols is 1. The second-order valence-electron chi connectivity index (χ2n) is 6.99. The highest BCUT2D eigenvalue weighted by molar-refractivity contribution is 5.94. The van der Waals surface area contributed by atoms with Crippen LogP contribution in [0.3, 0.4) is 0 Å². The van der Waals surface area contributed by atoms with Crippen LogP contribution in [-0.4, -0.2) is 48.6 Å². The Morgan fingerprint density at radius 2 is 1.57 bits per heavy atom. The van der Waals surface area contributed by atoms with Gasteiger partial charge in [-0.1, -0.05) is 19.3 Å². The Morgan fingerprint density at radius 1 is 0.893 bits per heavy atom. The second kappa shape index (κ2) is 11.8. The summed E-state index contributed by atoms with van der Waals surface area (Å²) in [5.74, 6) is -0.277. The first-order valence-electron chi connectivity index (χ1n) is 9.93. The van der Waals surface area contributed by atoms with Crippen molar-refractivity contribution in [2.45, 2.75) is 51.0 Å². The third-order valence-corrected chi connectivity index (χ3v) is 4.67. The maximum Gasteiger partial charge on any atom is 0.315 e. The molecule has 1 aliphatic carbocycles. The van der Waals surface area contributed by atoms with Gasteiger partial charge in [-0.15, -0.1) is 0 Å². The van der Waals surface area contributed by atoms with Crippen LogP contribution < -0.4 is 21.3 Å². The highest BCUT2D eigenvalue weighted by Crippen LogP contribution is 2.17. The van der Waals surface area contributed by atoms with E-state index >= 15 is 0 Å². The van der Waals surface area contributed by atoms with E-state index in [1.165, 1.54) is 43.5 Å². The van der Waals surface area contributed by atoms with Gasteiger partial charge in [0.15, 0.2) is 0 Å². The van der Waals surface area contributed by atoms with E-state index in [4.69, 9.17) is 0 Å². The van der Waals surface area contributed by atoms with Gasteiger partial charge >= 0.3 is 6.03 Å². The van der Waals surface area contributed by atoms with Gasteiger partial charge in [0.2, 0.25) is 5.91 Å². The van der Waals surface area contributed by atoms with Gasteiger partial charge in [-0.3, -0.25) is 9.59 Å². The molecule has 1 aromatic carbocycles. The largest absolute Gasteiger partial charge is 0.508 e. The molecule has 2 rings (SSSR count). The number of rotatable bonds is 9. The van der Waals surface area contributed by atoms with Gasteiger partial charge in [-0.05, 0) is 43.5 Å². The molecule has 0 aromatic heterocycles. The molecule has 154 valence electrons. The number of amides is 4. The quantitative estimate of drug-likeness (QED) is 0.412. The molecule has 0 radical (unpaired) electrons. The molecule has 1 aliphatic rings. The van der Waals surface area contributed by atoms with Crippen molar-refractivity contribution in [2.75, 3.05) is 19.6 Å². The number of urea groups is 1. The van der Waals surface area contributed by atoms with Gasteiger partial charge in [0.1, 0.15) is 5.75 Å². The molecule has 1 aromatic rings. The van der Waals surface area contributed by atoms with E-state index in [1.807, 2.05) is 0 Å². The normalized spacial score (nSPS) is 14.1. The van der Waals surface area contributed by atoms with Gasteiger partial charge in [-0.25, -0.2) is 4.79 Å². The zero-order chi connectivity index (χ0) is 20.2. The summed E-state index contributed by atoms with van der Waals surface area (Å²) in [6.07, 6.45) is 6.54. The van der Waals surface area contributed by atoms with Crippen molar-refractivity contribution in [1.82, 2.24) is 21.3 Å². The summed E-state index contributed by atoms with van der Waals surface area (Å²) in [6, 6.07) is 6.06. The fraction of sp³-hybridized carbons (Fsp3) is 0.550. The molecule has 28 heavy (non-hydrogen) atoms. The molecule has 8 heteroatoms. The predicted molar refractivity (Wildman–Crippen MR) is 106 cm³/mol. The fourth-order valence-corrected chi connectivity index (χ4v) is 3.12. The van der Waals surface area contributed by atoms with Crippen LogP contribution in [0.5, 0.6) is 5.75 Å². The van der Waals surface area contributed by atoms with Crippen LogP contribution in [0, 0.1) is 0 Å². The van der Waals surface area contributed by atoms with E-state index in [2.05, 4.69) is 21.3 Å². The van der Waals surface area contributed by atoms with Crippen LogP contribution in [0.2, 0.25) is 0 Å². The van der Waals surface area contributed by atoms with E-state index in [1.54, 1.807) is 0 Å². The zero-order valence-corrected chi connectivity index (χ0v) is 16.1. The van der Waals surface area contributed by atoms with E-state index in [0.29, 0.717) is 38.0 Å². The van der Waals surface area contributed by atoms with Crippen molar-refractivity contribution in [1.29, 1.82) is 0 Å². The molecular formula is C20H30N4O4. The maximum atomic E-state index is 11.9. The summed E-state index contributed by atoms with van der Waals surface area (Å²) in [6.45, 7) is 1.09. The SMILES string of the molecule is O=C(CCCNC(=O)NC1CCCCC1)NCCNC(=O)c1ccc(O)cc1. The number of benzene rings is 1. The lowest BCUT2D eigenvalue weighted by atomic mass is 9.96. The molecule has 0 aliphatic heterocycles. The lowest BCUT2D eigenvalue weighted by molar-refractivity contribution is -0.121. The van der Waals surface area contributed by atoms with E-state index in [-0.39, 0.29) is 29.6 Å². The first kappa shape index (κ1) is 21.5. The summed E-state index contributed by atoms with van der Waals surface area (Å²) in [7, 11) is 0. The number of phenolic OH excluding ortho intramolecular Hbond substituents is 1. The standard InChI is InChI=1S/C20H30N4O4/c25-17-10-8-15(9-11-17)19(27)22-14-13-21-18(26)7-4-12-23-20(28)24-16-5-2-1-3-6-16/h8-11,16,25H,1-7,12-14H2,(H,21,26)(H,22,27)(H2,23,24,28). The minimum Gasteiger partial charge on any atom is -0.508 e. The van der Waals surface area contributed by atoms with Gasteiger partial charge in [0, 0.05) is 37.7 Å². The Hall–Kier alpha value is -2.77. The topological polar surface area (TPSA) is 120 Å². The Kier molecular flexibility index (Phi) is 9.10. The van der Waals surface area contributed by atoms with Crippen molar-refractivity contribution < 1.29 is 19.5 Å². The molecule has 1 saturated carbocycles. The summed E-state index contributed by atoms with van der Waals surface area (Å²) in [4.78, 5) is 35.4. The van der Waals surface area contributed by atoms with Crippen molar-refractivity contribution in [3.05, 3.63) is 29.8 Å². The molecule has 5 N–H and O–H groups in total. The summed E-state index contributed by atoms with van der Waals surface area (Å²) in [5.41, 5.74) is 0.446. The number of carbonyl (C=O) groups excluding carboxylic acids is 3. The average Bonchev–Trinajstić information content (AvgIpc) is 2.70. The van der Waals surface area contributed by atoms with Gasteiger partial charge in [0.25, 0.3) is 5.91 Å². The number of nitrogens with one attached hydrogen (secondary N) is 4. The van der Waals surface area contributed by atoms with Gasteiger partial charge in [-0.2, -0.15) is 0 Å². The molecule has 0 atom stereocenters. The molecule has 8 nitrogen and oxygen atoms in total. The predicted octanol–water partition coefficient (Wildman–Crippen LogP) is 1.65. The number of hydrogen-bond donors (Lipinski definition) is 5. The van der Waals surface area contributed by atoms with Crippen molar-refractivity contribution >= 4 is 17.8 Å². The van der Waals surface area contributed by atoms with Crippen LogP contribution in [0.4, 0.5) is 4.79 Å². The maximum absolute atomic E-state index is 11.9. The Balaban J connectivity index is 1.47. The molecular weight excluding hydrogens is 360 g/mol. The third kappa shape index (κ3) is 8.28. The smallest absolute Gasteiger partial charge is 0.315 e. The van der Waals surface area contributed by atoms with E-state index in [0.717, 1.165) is 12.8 Å². The first-order valence-corrected chi connectivity index (χ1v) is 9.93. The van der Waals surface area contributed by atoms with Crippen LogP contribution in [0.1, 0.15) is 55.3 Å². The van der Waals surface area contributed by atoms with E-state index < -0.39 is 0 Å². The summed E-state index contributed by atoms with van der Waals surface area (Å²) >= 11 is 0. The molecule has 0 heterocycles. The lowest BCUT2D eigenvalue weighted by Gasteiger charge is -2.22. The Labute approximate surface area is 165 Å². The minimum absolute atomic E-state index is 0.102. The lowest BCUT2D eigenvalue weighted by Crippen LogP contribution is -2.43. The van der Waals surface area contributed by atoms with Crippen LogP contribution in [0.15, 0.2) is 24.3 Å². The number of aromatic hydroxyl groups is 1. The zero-order valence-electron chi connectivity index (χ0n) is 16.1. The second-order valence-corrected chi connectivity index (χ2v) is 6.99. The summed E-state index contributed by atoms with van der Waals surface area (Å²) in [5, 5.41) is 20.4. The van der Waals surface area contributed by atoms with Gasteiger partial charge < -0.3 is 26.4 Å². The van der Waals surface area contributed by atoms with Crippen LogP contribution >= 0.6 is 0 Å². The van der Waals surface area contributed by atoms with Gasteiger partial charge in [0.05, 0.1) is 0 Å². The molecule has 4 amide bonds. The number of carbonyl (C=O) groups is 3. The Morgan fingerprint density at radius 3 is 2.29 bits per heavy atom. The van der Waals surface area contributed by atoms with Crippen molar-refractivity contribution in [3.8, 4) is 5.75 Å². The minimum atomic E-state index is -0.262. The highest BCUT2D eigenvalue weighted by Gasteiger charge is 2.15. The molecule has 0 saturated heterocycles. The van der Waals surface area contributed by atoms with Crippen molar-refractivity contribution in [3.63, 3.8) is 0 Å². The monoisotopic (exact) mass is 390 g/mol. The van der Waals surface area contributed by atoms with E-state index in [9.17, 15) is 19.5 Å². The van der Waals surface area contributed by atoms with Crippen LogP contribution in [-0.2, 0) is 4.79 Å². The van der Waals surface area contributed by atoms with Crippen molar-refractivity contribution in [2.24, 2.45) is 0 Å². The average molecular weight is 390 g/mol. The van der Waals surface area contributed by atoms with Crippen LogP contribution in [0.25, 0.3) is 0 Å². The third-order valence-electron chi connectivity index (χ3n) is 4.67. The fourth-order valence-electron chi connectivity index (χ4n) is 3.12. The molecule has 0 spiro atoms. The number of hydrogen-bond acceptors (Lipinski definition) is 4. The summed E-state index contributed by atoms with van der Waals surface area (Å²) < 4.78 is 0. The molecule has 0 bridgehead atoms. The Bertz CT molecular complexity index is 642. The first-order chi connectivity index (χ1) is 13.5. The molecule has 1 fully saturated rings. The highest BCUT2D eigenvalue weighted by atomic mass is 16.3.